The molecule has 112 valence electrons. The SMILES string of the molecule is C[C@@H](CCc1ccccc1)[NH2+]CCC[NH+]1CCOCC1. The molecular weight excluding hydrogens is 248 g/mol. The van der Waals surface area contributed by atoms with Gasteiger partial charge in [0.15, 0.2) is 0 Å². The normalized spacial score (nSPS) is 18.1. The van der Waals surface area contributed by atoms with Crippen molar-refractivity contribution in [1.82, 2.24) is 0 Å². The maximum Gasteiger partial charge on any atom is 0.101 e. The molecule has 1 heterocycles. The first-order valence-electron chi connectivity index (χ1n) is 8.13. The minimum atomic E-state index is 0.731. The number of hydrogen-bond donors (Lipinski definition) is 2. The van der Waals surface area contributed by atoms with Gasteiger partial charge in [0, 0.05) is 12.8 Å². The maximum atomic E-state index is 5.39. The Bertz CT molecular complexity index is 349. The largest absolute Gasteiger partial charge is 0.370 e. The zero-order chi connectivity index (χ0) is 14.0. The van der Waals surface area contributed by atoms with Crippen molar-refractivity contribution in [3.05, 3.63) is 35.9 Å². The molecule has 1 saturated heterocycles. The topological polar surface area (TPSA) is 30.3 Å². The van der Waals surface area contributed by atoms with E-state index in [1.165, 1.54) is 51.0 Å². The van der Waals surface area contributed by atoms with Crippen LogP contribution in [0.4, 0.5) is 0 Å². The first-order valence-corrected chi connectivity index (χ1v) is 8.13. The summed E-state index contributed by atoms with van der Waals surface area (Å²) >= 11 is 0. The molecule has 1 aliphatic heterocycles. The molecule has 1 fully saturated rings. The van der Waals surface area contributed by atoms with Crippen LogP contribution in [-0.4, -0.2) is 45.4 Å². The van der Waals surface area contributed by atoms with E-state index in [2.05, 4.69) is 42.6 Å². The number of ether oxygens (including phenoxy) is 1. The average molecular weight is 278 g/mol. The minimum Gasteiger partial charge on any atom is -0.370 e. The summed E-state index contributed by atoms with van der Waals surface area (Å²) in [4.78, 5) is 1.72. The van der Waals surface area contributed by atoms with Crippen LogP contribution in [0.5, 0.6) is 0 Å². The van der Waals surface area contributed by atoms with Crippen molar-refractivity contribution in [3.8, 4) is 0 Å². The lowest BCUT2D eigenvalue weighted by Gasteiger charge is -2.23. The van der Waals surface area contributed by atoms with E-state index in [4.69, 9.17) is 4.74 Å². The van der Waals surface area contributed by atoms with E-state index in [0.29, 0.717) is 0 Å². The summed E-state index contributed by atoms with van der Waals surface area (Å²) in [7, 11) is 0. The molecule has 0 amide bonds. The molecule has 1 atom stereocenters. The Kier molecular flexibility index (Phi) is 7.06. The Hall–Kier alpha value is -0.900. The number of benzene rings is 1. The highest BCUT2D eigenvalue weighted by Crippen LogP contribution is 2.02. The first-order chi connectivity index (χ1) is 9.84. The summed E-state index contributed by atoms with van der Waals surface area (Å²) in [5, 5.41) is 2.52. The number of nitrogens with one attached hydrogen (secondary N) is 1. The predicted molar refractivity (Wildman–Crippen MR) is 82.0 cm³/mol. The molecule has 1 aromatic carbocycles. The van der Waals surface area contributed by atoms with Gasteiger partial charge in [-0.3, -0.25) is 0 Å². The van der Waals surface area contributed by atoms with Gasteiger partial charge in [0.2, 0.25) is 0 Å². The lowest BCUT2D eigenvalue weighted by Crippen LogP contribution is -3.14. The van der Waals surface area contributed by atoms with E-state index in [-0.39, 0.29) is 0 Å². The number of morpholine rings is 1. The average Bonchev–Trinajstić information content (AvgIpc) is 2.52. The van der Waals surface area contributed by atoms with Gasteiger partial charge in [-0.2, -0.15) is 0 Å². The van der Waals surface area contributed by atoms with Crippen LogP contribution in [0.25, 0.3) is 0 Å². The standard InChI is InChI=1S/C17H28N2O/c1-16(8-9-17-6-3-2-4-7-17)18-10-5-11-19-12-14-20-15-13-19/h2-4,6-7,16,18H,5,8-15H2,1H3/p+2/t16-/m0/s1. The highest BCUT2D eigenvalue weighted by Gasteiger charge is 2.13. The Morgan fingerprint density at radius 1 is 1.20 bits per heavy atom. The van der Waals surface area contributed by atoms with Crippen molar-refractivity contribution < 1.29 is 15.0 Å². The summed E-state index contributed by atoms with van der Waals surface area (Å²) in [6.45, 7) is 9.22. The number of hydrogen-bond acceptors (Lipinski definition) is 1. The molecule has 0 saturated carbocycles. The van der Waals surface area contributed by atoms with Crippen molar-refractivity contribution in [1.29, 1.82) is 0 Å². The summed E-state index contributed by atoms with van der Waals surface area (Å²) in [6, 6.07) is 11.6. The highest BCUT2D eigenvalue weighted by atomic mass is 16.5. The number of quaternary nitrogens is 2. The van der Waals surface area contributed by atoms with E-state index in [0.717, 1.165) is 19.3 Å². The second-order valence-corrected chi connectivity index (χ2v) is 5.99. The van der Waals surface area contributed by atoms with E-state index in [9.17, 15) is 0 Å². The lowest BCUT2D eigenvalue weighted by molar-refractivity contribution is -0.909. The molecule has 0 spiro atoms. The van der Waals surface area contributed by atoms with Crippen LogP contribution < -0.4 is 10.2 Å². The van der Waals surface area contributed by atoms with Crippen molar-refractivity contribution >= 4 is 0 Å². The van der Waals surface area contributed by atoms with Gasteiger partial charge in [-0.15, -0.1) is 0 Å². The molecule has 0 bridgehead atoms. The smallest absolute Gasteiger partial charge is 0.101 e. The number of rotatable bonds is 8. The monoisotopic (exact) mass is 278 g/mol. The molecule has 2 rings (SSSR count). The molecule has 3 N–H and O–H groups in total. The third-order valence-electron chi connectivity index (χ3n) is 4.23. The summed E-state index contributed by atoms with van der Waals surface area (Å²) in [6.07, 6.45) is 3.80. The maximum absolute atomic E-state index is 5.39. The fourth-order valence-corrected chi connectivity index (χ4v) is 2.82. The molecule has 3 nitrogen and oxygen atoms in total. The van der Waals surface area contributed by atoms with Gasteiger partial charge in [0.25, 0.3) is 0 Å². The summed E-state index contributed by atoms with van der Waals surface area (Å²) in [5.41, 5.74) is 1.46. The molecule has 1 aromatic rings. The lowest BCUT2D eigenvalue weighted by atomic mass is 10.1. The Morgan fingerprint density at radius 2 is 1.95 bits per heavy atom. The van der Waals surface area contributed by atoms with E-state index in [1.54, 1.807) is 4.90 Å². The Labute approximate surface area is 123 Å². The fraction of sp³-hybridized carbons (Fsp3) is 0.647. The van der Waals surface area contributed by atoms with Crippen LogP contribution in [0.15, 0.2) is 30.3 Å². The minimum absolute atomic E-state index is 0.731. The zero-order valence-corrected chi connectivity index (χ0v) is 12.8. The molecular formula is C17H30N2O+2. The number of nitrogens with two attached hydrogens (primary N) is 1. The number of aryl methyl sites for hydroxylation is 1. The van der Waals surface area contributed by atoms with Crippen LogP contribution in [0.3, 0.4) is 0 Å². The van der Waals surface area contributed by atoms with Crippen molar-refractivity contribution in [2.75, 3.05) is 39.4 Å². The van der Waals surface area contributed by atoms with Gasteiger partial charge in [-0.05, 0) is 18.9 Å². The predicted octanol–water partition coefficient (Wildman–Crippen LogP) is -0.124. The summed E-state index contributed by atoms with van der Waals surface area (Å²) in [5.74, 6) is 0. The second-order valence-electron chi connectivity index (χ2n) is 5.99. The van der Waals surface area contributed by atoms with Gasteiger partial charge in [0.05, 0.1) is 32.3 Å². The quantitative estimate of drug-likeness (QED) is 0.638. The van der Waals surface area contributed by atoms with Crippen LogP contribution in [-0.2, 0) is 11.2 Å². The first kappa shape index (κ1) is 15.5. The molecule has 3 heteroatoms. The van der Waals surface area contributed by atoms with Gasteiger partial charge in [0.1, 0.15) is 13.1 Å². The molecule has 1 aliphatic rings. The van der Waals surface area contributed by atoms with Crippen LogP contribution in [0, 0.1) is 0 Å². The third-order valence-corrected chi connectivity index (χ3v) is 4.23. The van der Waals surface area contributed by atoms with Crippen LogP contribution in [0.1, 0.15) is 25.3 Å². The van der Waals surface area contributed by atoms with Crippen LogP contribution in [0.2, 0.25) is 0 Å². The van der Waals surface area contributed by atoms with Crippen molar-refractivity contribution in [3.63, 3.8) is 0 Å². The summed E-state index contributed by atoms with van der Waals surface area (Å²) < 4.78 is 5.39. The van der Waals surface area contributed by atoms with Gasteiger partial charge in [-0.25, -0.2) is 0 Å². The Morgan fingerprint density at radius 3 is 2.70 bits per heavy atom. The molecule has 20 heavy (non-hydrogen) atoms. The van der Waals surface area contributed by atoms with E-state index < -0.39 is 0 Å². The fourth-order valence-electron chi connectivity index (χ4n) is 2.82. The van der Waals surface area contributed by atoms with Crippen molar-refractivity contribution in [2.24, 2.45) is 0 Å². The van der Waals surface area contributed by atoms with E-state index >= 15 is 0 Å². The third kappa shape index (κ3) is 6.04. The van der Waals surface area contributed by atoms with E-state index in [1.807, 2.05) is 0 Å². The Balaban J connectivity index is 1.50. The highest BCUT2D eigenvalue weighted by molar-refractivity contribution is 5.14. The van der Waals surface area contributed by atoms with Gasteiger partial charge in [-0.1, -0.05) is 30.3 Å². The molecule has 0 unspecified atom stereocenters. The van der Waals surface area contributed by atoms with Crippen LogP contribution >= 0.6 is 0 Å². The van der Waals surface area contributed by atoms with Gasteiger partial charge >= 0.3 is 0 Å². The zero-order valence-electron chi connectivity index (χ0n) is 12.8. The molecule has 0 aliphatic carbocycles. The van der Waals surface area contributed by atoms with Gasteiger partial charge < -0.3 is 15.0 Å². The van der Waals surface area contributed by atoms with Crippen molar-refractivity contribution in [2.45, 2.75) is 32.2 Å². The molecule has 0 aromatic heterocycles. The second kappa shape index (κ2) is 9.11. The molecule has 0 radical (unpaired) electrons.